The van der Waals surface area contributed by atoms with Gasteiger partial charge < -0.3 is 10.6 Å². The highest BCUT2D eigenvalue weighted by Gasteiger charge is 2.27. The van der Waals surface area contributed by atoms with Crippen LogP contribution in [0.15, 0.2) is 54.7 Å². The van der Waals surface area contributed by atoms with Crippen molar-refractivity contribution in [2.24, 2.45) is 0 Å². The van der Waals surface area contributed by atoms with Crippen LogP contribution >= 0.6 is 0 Å². The number of hydrogen-bond donors (Lipinski definition) is 1. The highest BCUT2D eigenvalue weighted by atomic mass is 19.1. The summed E-state index contributed by atoms with van der Waals surface area (Å²) < 4.78 is 13.5. The van der Waals surface area contributed by atoms with E-state index < -0.39 is 0 Å². The van der Waals surface area contributed by atoms with Crippen molar-refractivity contribution in [3.05, 3.63) is 71.7 Å². The van der Waals surface area contributed by atoms with Gasteiger partial charge in [0, 0.05) is 17.3 Å². The van der Waals surface area contributed by atoms with Crippen molar-refractivity contribution >= 4 is 17.5 Å². The fourth-order valence-corrected chi connectivity index (χ4v) is 3.08. The zero-order valence-electron chi connectivity index (χ0n) is 13.3. The lowest BCUT2D eigenvalue weighted by Gasteiger charge is -2.23. The summed E-state index contributed by atoms with van der Waals surface area (Å²) in [5, 5.41) is 0. The number of rotatable bonds is 2. The summed E-state index contributed by atoms with van der Waals surface area (Å²) >= 11 is 0. The minimum absolute atomic E-state index is 0.0937. The van der Waals surface area contributed by atoms with E-state index in [-0.39, 0.29) is 30.6 Å². The lowest BCUT2D eigenvalue weighted by Crippen LogP contribution is -2.31. The number of amides is 1. The van der Waals surface area contributed by atoms with Crippen LogP contribution in [-0.2, 0) is 17.8 Å². The first-order valence-electron chi connectivity index (χ1n) is 7.87. The highest BCUT2D eigenvalue weighted by molar-refractivity contribution is 6.01. The second-order valence-corrected chi connectivity index (χ2v) is 5.91. The van der Waals surface area contributed by atoms with Crippen molar-refractivity contribution in [1.29, 1.82) is 0 Å². The van der Waals surface area contributed by atoms with E-state index in [0.29, 0.717) is 5.69 Å². The van der Waals surface area contributed by atoms with Crippen LogP contribution < -0.4 is 10.6 Å². The largest absolute Gasteiger partial charge is 0.368 e. The van der Waals surface area contributed by atoms with Gasteiger partial charge in [0.15, 0.2) is 0 Å². The number of nitrogens with two attached hydrogens (primary N) is 1. The minimum Gasteiger partial charge on any atom is -0.368 e. The Labute approximate surface area is 144 Å². The number of halogens is 1. The van der Waals surface area contributed by atoms with Gasteiger partial charge in [-0.15, -0.1) is 0 Å². The molecule has 0 aliphatic carbocycles. The fourth-order valence-electron chi connectivity index (χ4n) is 3.08. The molecule has 1 aliphatic heterocycles. The first-order valence-corrected chi connectivity index (χ1v) is 7.87. The van der Waals surface area contributed by atoms with E-state index in [0.717, 1.165) is 22.4 Å². The van der Waals surface area contributed by atoms with Gasteiger partial charge in [-0.2, -0.15) is 0 Å². The molecule has 6 heteroatoms. The lowest BCUT2D eigenvalue weighted by atomic mass is 10.1. The van der Waals surface area contributed by atoms with Crippen molar-refractivity contribution < 1.29 is 9.18 Å². The van der Waals surface area contributed by atoms with E-state index in [1.54, 1.807) is 23.2 Å². The second-order valence-electron chi connectivity index (χ2n) is 5.91. The normalized spacial score (nSPS) is 13.2. The Hall–Kier alpha value is -3.28. The van der Waals surface area contributed by atoms with Crippen LogP contribution in [-0.4, -0.2) is 15.9 Å². The molecule has 0 saturated carbocycles. The third kappa shape index (κ3) is 2.82. The summed E-state index contributed by atoms with van der Waals surface area (Å²) in [5.41, 5.74) is 9.40. The topological polar surface area (TPSA) is 72.1 Å². The molecule has 1 aliphatic rings. The number of carbonyl (C=O) groups excluding carboxylic acids is 1. The van der Waals surface area contributed by atoms with Gasteiger partial charge >= 0.3 is 0 Å². The molecule has 0 atom stereocenters. The van der Waals surface area contributed by atoms with Gasteiger partial charge in [0.1, 0.15) is 5.82 Å². The number of carbonyl (C=O) groups is 1. The number of anilines is 2. The Morgan fingerprint density at radius 3 is 2.84 bits per heavy atom. The molecule has 1 amide bonds. The lowest BCUT2D eigenvalue weighted by molar-refractivity contribution is -0.118. The standard InChI is InChI=1S/C19H15FN4O/c20-14-5-3-4-12(8-14)11-24-16-7-2-1-6-15(16)18-13(9-17(24)25)10-22-19(21)23-18/h1-8,10H,9,11H2,(H2,21,22,23). The third-order valence-electron chi connectivity index (χ3n) is 4.21. The molecular formula is C19H15FN4O. The van der Waals surface area contributed by atoms with E-state index >= 15 is 0 Å². The summed E-state index contributed by atoms with van der Waals surface area (Å²) in [5.74, 6) is -0.251. The Balaban J connectivity index is 1.84. The Morgan fingerprint density at radius 2 is 2.00 bits per heavy atom. The smallest absolute Gasteiger partial charge is 0.231 e. The summed E-state index contributed by atoms with van der Waals surface area (Å²) in [6.45, 7) is 0.282. The molecule has 0 bridgehead atoms. The van der Waals surface area contributed by atoms with Gasteiger partial charge in [-0.25, -0.2) is 14.4 Å². The molecule has 0 spiro atoms. The molecule has 0 saturated heterocycles. The molecule has 25 heavy (non-hydrogen) atoms. The molecule has 4 rings (SSSR count). The van der Waals surface area contributed by atoms with Crippen LogP contribution in [0.5, 0.6) is 0 Å². The van der Waals surface area contributed by atoms with E-state index in [2.05, 4.69) is 9.97 Å². The Morgan fingerprint density at radius 1 is 1.16 bits per heavy atom. The monoisotopic (exact) mass is 334 g/mol. The predicted molar refractivity (Wildman–Crippen MR) is 93.2 cm³/mol. The van der Waals surface area contributed by atoms with Crippen LogP contribution in [0, 0.1) is 5.82 Å². The zero-order valence-corrected chi connectivity index (χ0v) is 13.3. The number of nitrogens with zero attached hydrogens (tertiary/aromatic N) is 3. The molecule has 0 fully saturated rings. The number of nitrogen functional groups attached to an aromatic ring is 1. The average molecular weight is 334 g/mol. The van der Waals surface area contributed by atoms with Gasteiger partial charge in [0.05, 0.1) is 24.3 Å². The number of benzene rings is 2. The predicted octanol–water partition coefficient (Wildman–Crippen LogP) is 2.95. The molecule has 0 unspecified atom stereocenters. The van der Waals surface area contributed by atoms with Crippen LogP contribution in [0.2, 0.25) is 0 Å². The Bertz CT molecular complexity index is 973. The van der Waals surface area contributed by atoms with Gasteiger partial charge in [-0.3, -0.25) is 4.79 Å². The first kappa shape index (κ1) is 15.3. The van der Waals surface area contributed by atoms with E-state index in [9.17, 15) is 9.18 Å². The fraction of sp³-hybridized carbons (Fsp3) is 0.105. The maximum absolute atomic E-state index is 13.5. The highest BCUT2D eigenvalue weighted by Crippen LogP contribution is 2.36. The second kappa shape index (κ2) is 5.98. The molecule has 3 aromatic rings. The third-order valence-corrected chi connectivity index (χ3v) is 4.21. The molecule has 2 aromatic carbocycles. The molecule has 0 radical (unpaired) electrons. The maximum atomic E-state index is 13.5. The van der Waals surface area contributed by atoms with Gasteiger partial charge in [-0.1, -0.05) is 30.3 Å². The first-order chi connectivity index (χ1) is 12.1. The molecular weight excluding hydrogens is 319 g/mol. The van der Waals surface area contributed by atoms with E-state index in [1.165, 1.54) is 12.1 Å². The molecule has 124 valence electrons. The number of hydrogen-bond acceptors (Lipinski definition) is 4. The molecule has 1 aromatic heterocycles. The van der Waals surface area contributed by atoms with Crippen molar-refractivity contribution in [1.82, 2.24) is 9.97 Å². The van der Waals surface area contributed by atoms with Crippen LogP contribution in [0.1, 0.15) is 11.1 Å². The van der Waals surface area contributed by atoms with Crippen molar-refractivity contribution in [2.45, 2.75) is 13.0 Å². The maximum Gasteiger partial charge on any atom is 0.231 e. The van der Waals surface area contributed by atoms with E-state index in [1.807, 2.05) is 24.3 Å². The molecule has 2 heterocycles. The van der Waals surface area contributed by atoms with Crippen molar-refractivity contribution in [3.63, 3.8) is 0 Å². The average Bonchev–Trinajstić information content (AvgIpc) is 2.71. The summed E-state index contributed by atoms with van der Waals surface area (Å²) in [6.07, 6.45) is 1.76. The van der Waals surface area contributed by atoms with Crippen LogP contribution in [0.4, 0.5) is 16.0 Å². The molecule has 2 N–H and O–H groups in total. The number of fused-ring (bicyclic) bond motifs is 3. The van der Waals surface area contributed by atoms with Gasteiger partial charge in [0.25, 0.3) is 0 Å². The van der Waals surface area contributed by atoms with Crippen molar-refractivity contribution in [3.8, 4) is 11.3 Å². The summed E-state index contributed by atoms with van der Waals surface area (Å²) in [4.78, 5) is 22.9. The number of para-hydroxylation sites is 1. The SMILES string of the molecule is Nc1ncc2c(n1)-c1ccccc1N(Cc1cccc(F)c1)C(=O)C2. The number of aromatic nitrogens is 2. The summed E-state index contributed by atoms with van der Waals surface area (Å²) in [6, 6.07) is 13.8. The Kier molecular flexibility index (Phi) is 3.65. The van der Waals surface area contributed by atoms with Crippen LogP contribution in [0.25, 0.3) is 11.3 Å². The van der Waals surface area contributed by atoms with Crippen LogP contribution in [0.3, 0.4) is 0 Å². The van der Waals surface area contributed by atoms with Gasteiger partial charge in [0.2, 0.25) is 11.9 Å². The van der Waals surface area contributed by atoms with Gasteiger partial charge in [-0.05, 0) is 23.8 Å². The summed E-state index contributed by atoms with van der Waals surface area (Å²) in [7, 11) is 0. The molecule has 5 nitrogen and oxygen atoms in total. The quantitative estimate of drug-likeness (QED) is 0.782. The van der Waals surface area contributed by atoms with E-state index in [4.69, 9.17) is 5.73 Å². The van der Waals surface area contributed by atoms with Crippen molar-refractivity contribution in [2.75, 3.05) is 10.6 Å². The zero-order chi connectivity index (χ0) is 17.4. The minimum atomic E-state index is -0.324.